The van der Waals surface area contributed by atoms with Gasteiger partial charge in [-0.05, 0) is 41.7 Å². The Labute approximate surface area is 174 Å². The smallest absolute Gasteiger partial charge is 0.331 e. The topological polar surface area (TPSA) is 55.4 Å². The molecule has 146 valence electrons. The van der Waals surface area contributed by atoms with Crippen LogP contribution in [-0.4, -0.2) is 24.7 Å². The highest BCUT2D eigenvalue weighted by Crippen LogP contribution is 2.27. The molecule has 5 heteroatoms. The van der Waals surface area contributed by atoms with Crippen LogP contribution in [0.1, 0.15) is 5.56 Å². The van der Waals surface area contributed by atoms with Crippen molar-refractivity contribution in [2.24, 2.45) is 0 Å². The van der Waals surface area contributed by atoms with Crippen molar-refractivity contribution in [3.05, 3.63) is 90.5 Å². The number of carbonyl (C=O) groups is 2. The van der Waals surface area contributed by atoms with Gasteiger partial charge >= 0.3 is 5.97 Å². The van der Waals surface area contributed by atoms with Crippen LogP contribution in [0.5, 0.6) is 0 Å². The van der Waals surface area contributed by atoms with Crippen molar-refractivity contribution in [3.8, 4) is 11.1 Å². The maximum absolute atomic E-state index is 12.2. The maximum Gasteiger partial charge on any atom is 0.331 e. The fraction of sp³-hybridized carbons (Fsp3) is 0.0833. The molecule has 0 aliphatic heterocycles. The summed E-state index contributed by atoms with van der Waals surface area (Å²) in [5.74, 6) is -0.954. The maximum atomic E-state index is 12.2. The minimum atomic E-state index is -0.564. The molecule has 0 heterocycles. The SMILES string of the molecule is CSc1ccc(/C=C/C(=O)OCC(=O)Nc2ccccc2-c2ccccc2)cc1. The quantitative estimate of drug-likeness (QED) is 0.332. The van der Waals surface area contributed by atoms with E-state index in [9.17, 15) is 9.59 Å². The summed E-state index contributed by atoms with van der Waals surface area (Å²) in [7, 11) is 0. The fourth-order valence-electron chi connectivity index (χ4n) is 2.71. The van der Waals surface area contributed by atoms with Gasteiger partial charge < -0.3 is 10.1 Å². The Morgan fingerprint density at radius 1 is 0.931 bits per heavy atom. The van der Waals surface area contributed by atoms with E-state index in [0.29, 0.717) is 5.69 Å². The van der Waals surface area contributed by atoms with E-state index in [4.69, 9.17) is 4.74 Å². The van der Waals surface area contributed by atoms with Crippen LogP contribution in [0.4, 0.5) is 5.69 Å². The number of nitrogens with one attached hydrogen (secondary N) is 1. The predicted molar refractivity (Wildman–Crippen MR) is 119 cm³/mol. The van der Waals surface area contributed by atoms with E-state index in [-0.39, 0.29) is 12.5 Å². The highest BCUT2D eigenvalue weighted by atomic mass is 32.2. The molecule has 0 aliphatic carbocycles. The Hall–Kier alpha value is -3.31. The predicted octanol–water partition coefficient (Wildman–Crippen LogP) is 5.27. The molecule has 0 fully saturated rings. The Kier molecular flexibility index (Phi) is 7.25. The number of hydrogen-bond acceptors (Lipinski definition) is 4. The first kappa shape index (κ1) is 20.4. The lowest BCUT2D eigenvalue weighted by Gasteiger charge is -2.11. The molecule has 29 heavy (non-hydrogen) atoms. The van der Waals surface area contributed by atoms with Crippen molar-refractivity contribution < 1.29 is 14.3 Å². The largest absolute Gasteiger partial charge is 0.452 e. The highest BCUT2D eigenvalue weighted by molar-refractivity contribution is 7.98. The van der Waals surface area contributed by atoms with Gasteiger partial charge in [0.2, 0.25) is 0 Å². The normalized spacial score (nSPS) is 10.7. The average molecular weight is 404 g/mol. The summed E-state index contributed by atoms with van der Waals surface area (Å²) in [5.41, 5.74) is 3.46. The first-order chi connectivity index (χ1) is 14.2. The third-order valence-electron chi connectivity index (χ3n) is 4.16. The van der Waals surface area contributed by atoms with Crippen LogP contribution in [0.25, 0.3) is 17.2 Å². The zero-order valence-corrected chi connectivity index (χ0v) is 16.8. The molecule has 0 spiro atoms. The zero-order valence-electron chi connectivity index (χ0n) is 16.0. The van der Waals surface area contributed by atoms with Gasteiger partial charge in [0.05, 0.1) is 0 Å². The number of amides is 1. The molecule has 3 aromatic carbocycles. The van der Waals surface area contributed by atoms with Gasteiger partial charge in [0.1, 0.15) is 0 Å². The number of rotatable bonds is 7. The number of para-hydroxylation sites is 1. The van der Waals surface area contributed by atoms with E-state index in [1.165, 1.54) is 6.08 Å². The zero-order chi connectivity index (χ0) is 20.5. The van der Waals surface area contributed by atoms with E-state index >= 15 is 0 Å². The summed E-state index contributed by atoms with van der Waals surface area (Å²) in [5, 5.41) is 2.81. The van der Waals surface area contributed by atoms with Crippen LogP contribution in [0.3, 0.4) is 0 Å². The summed E-state index contributed by atoms with van der Waals surface area (Å²) in [6, 6.07) is 25.1. The molecule has 3 aromatic rings. The van der Waals surface area contributed by atoms with Crippen molar-refractivity contribution in [1.29, 1.82) is 0 Å². The van der Waals surface area contributed by atoms with Gasteiger partial charge in [-0.1, -0.05) is 60.7 Å². The van der Waals surface area contributed by atoms with Gasteiger partial charge in [-0.2, -0.15) is 0 Å². The summed E-state index contributed by atoms with van der Waals surface area (Å²) < 4.78 is 5.05. The molecular formula is C24H21NO3S. The van der Waals surface area contributed by atoms with Crippen molar-refractivity contribution in [3.63, 3.8) is 0 Å². The number of anilines is 1. The lowest BCUT2D eigenvalue weighted by Crippen LogP contribution is -2.20. The molecule has 4 nitrogen and oxygen atoms in total. The molecule has 1 N–H and O–H groups in total. The molecule has 0 aromatic heterocycles. The summed E-state index contributed by atoms with van der Waals surface area (Å²) in [6.07, 6.45) is 4.99. The number of carbonyl (C=O) groups excluding carboxylic acids is 2. The molecule has 0 unspecified atom stereocenters. The fourth-order valence-corrected chi connectivity index (χ4v) is 3.12. The monoisotopic (exact) mass is 403 g/mol. The van der Waals surface area contributed by atoms with Gasteiger partial charge in [0.15, 0.2) is 6.61 Å². The number of hydrogen-bond donors (Lipinski definition) is 1. The molecule has 0 radical (unpaired) electrons. The lowest BCUT2D eigenvalue weighted by atomic mass is 10.0. The number of ether oxygens (including phenoxy) is 1. The number of esters is 1. The van der Waals surface area contributed by atoms with Gasteiger partial charge in [-0.3, -0.25) is 4.79 Å². The second-order valence-electron chi connectivity index (χ2n) is 6.17. The van der Waals surface area contributed by atoms with Gasteiger partial charge in [0.25, 0.3) is 5.91 Å². The molecular weight excluding hydrogens is 382 g/mol. The Morgan fingerprint density at radius 2 is 1.62 bits per heavy atom. The van der Waals surface area contributed by atoms with Gasteiger partial charge in [-0.25, -0.2) is 4.79 Å². The van der Waals surface area contributed by atoms with Crippen LogP contribution in [0.2, 0.25) is 0 Å². The van der Waals surface area contributed by atoms with Crippen LogP contribution < -0.4 is 5.32 Å². The third-order valence-corrected chi connectivity index (χ3v) is 4.90. The molecule has 0 atom stereocenters. The van der Waals surface area contributed by atoms with E-state index < -0.39 is 5.97 Å². The van der Waals surface area contributed by atoms with E-state index in [1.807, 2.05) is 85.1 Å². The third kappa shape index (κ3) is 6.09. The van der Waals surface area contributed by atoms with Crippen molar-refractivity contribution in [2.45, 2.75) is 4.90 Å². The molecule has 0 saturated carbocycles. The standard InChI is InChI=1S/C24H21NO3S/c1-29-20-14-11-18(12-15-20)13-16-24(27)28-17-23(26)25-22-10-6-5-9-21(22)19-7-3-2-4-8-19/h2-16H,17H2,1H3,(H,25,26)/b16-13+. The first-order valence-corrected chi connectivity index (χ1v) is 10.3. The van der Waals surface area contributed by atoms with E-state index in [1.54, 1.807) is 17.8 Å². The summed E-state index contributed by atoms with van der Waals surface area (Å²) >= 11 is 1.65. The summed E-state index contributed by atoms with van der Waals surface area (Å²) in [6.45, 7) is -0.349. The Bertz CT molecular complexity index is 998. The lowest BCUT2D eigenvalue weighted by molar-refractivity contribution is -0.142. The number of benzene rings is 3. The minimum Gasteiger partial charge on any atom is -0.452 e. The number of thioether (sulfide) groups is 1. The van der Waals surface area contributed by atoms with Crippen molar-refractivity contribution >= 4 is 35.4 Å². The minimum absolute atomic E-state index is 0.349. The Morgan fingerprint density at radius 3 is 2.34 bits per heavy atom. The summed E-state index contributed by atoms with van der Waals surface area (Å²) in [4.78, 5) is 25.3. The van der Waals surface area contributed by atoms with Crippen molar-refractivity contribution in [2.75, 3.05) is 18.2 Å². The molecule has 1 amide bonds. The molecule has 0 bridgehead atoms. The van der Waals surface area contributed by atoms with E-state index in [2.05, 4.69) is 5.32 Å². The van der Waals surface area contributed by atoms with E-state index in [0.717, 1.165) is 21.6 Å². The first-order valence-electron chi connectivity index (χ1n) is 9.09. The average Bonchev–Trinajstić information content (AvgIpc) is 2.77. The second kappa shape index (κ2) is 10.3. The highest BCUT2D eigenvalue weighted by Gasteiger charge is 2.09. The van der Waals surface area contributed by atoms with Crippen LogP contribution in [-0.2, 0) is 14.3 Å². The van der Waals surface area contributed by atoms with Gasteiger partial charge in [-0.15, -0.1) is 11.8 Å². The van der Waals surface area contributed by atoms with Crippen LogP contribution >= 0.6 is 11.8 Å². The molecule has 0 aliphatic rings. The molecule has 0 saturated heterocycles. The second-order valence-corrected chi connectivity index (χ2v) is 7.05. The van der Waals surface area contributed by atoms with Crippen LogP contribution in [0, 0.1) is 0 Å². The molecule has 3 rings (SSSR count). The Balaban J connectivity index is 1.55. The van der Waals surface area contributed by atoms with Crippen LogP contribution in [0.15, 0.2) is 89.8 Å². The van der Waals surface area contributed by atoms with Crippen molar-refractivity contribution in [1.82, 2.24) is 0 Å². The van der Waals surface area contributed by atoms with Gasteiger partial charge in [0, 0.05) is 22.2 Å².